The van der Waals surface area contributed by atoms with Crippen LogP contribution in [0.15, 0.2) is 54.7 Å². The maximum absolute atomic E-state index is 12.8. The standard InChI is InChI=1S/C22H23N3O3/c1-28-17-7-8-20-18(13-17)19(14-23-20)21(26)22(27)25-11-9-24(10-12-25)15-16-5-3-2-4-6-16/h2-8,13-14,23H,9-12,15H2,1H3. The first kappa shape index (κ1) is 18.3. The van der Waals surface area contributed by atoms with Gasteiger partial charge in [-0.15, -0.1) is 0 Å². The summed E-state index contributed by atoms with van der Waals surface area (Å²) in [6.45, 7) is 3.50. The number of ether oxygens (including phenoxy) is 1. The highest BCUT2D eigenvalue weighted by molar-refractivity contribution is 6.44. The number of nitrogens with zero attached hydrogens (tertiary/aromatic N) is 2. The molecule has 1 amide bonds. The van der Waals surface area contributed by atoms with Crippen LogP contribution in [0.25, 0.3) is 10.9 Å². The molecule has 4 rings (SSSR count). The topological polar surface area (TPSA) is 65.6 Å². The Morgan fingerprint density at radius 1 is 1.04 bits per heavy atom. The Morgan fingerprint density at radius 2 is 1.79 bits per heavy atom. The van der Waals surface area contributed by atoms with Gasteiger partial charge in [-0.3, -0.25) is 14.5 Å². The SMILES string of the molecule is COc1ccc2[nH]cc(C(=O)C(=O)N3CCN(Cc4ccccc4)CC3)c2c1. The Bertz CT molecular complexity index is 989. The van der Waals surface area contributed by atoms with Crippen LogP contribution in [0.4, 0.5) is 0 Å². The number of H-pyrrole nitrogens is 1. The minimum absolute atomic E-state index is 0.394. The van der Waals surface area contributed by atoms with Gasteiger partial charge in [0.1, 0.15) is 5.75 Å². The van der Waals surface area contributed by atoms with Crippen molar-refractivity contribution in [1.82, 2.24) is 14.8 Å². The first-order valence-corrected chi connectivity index (χ1v) is 9.40. The van der Waals surface area contributed by atoms with Crippen LogP contribution in [-0.4, -0.2) is 59.8 Å². The average Bonchev–Trinajstić information content (AvgIpc) is 3.17. The number of methoxy groups -OCH3 is 1. The third kappa shape index (κ3) is 3.64. The normalized spacial score (nSPS) is 15.0. The van der Waals surface area contributed by atoms with Gasteiger partial charge >= 0.3 is 0 Å². The lowest BCUT2D eigenvalue weighted by Gasteiger charge is -2.34. The highest BCUT2D eigenvalue weighted by Gasteiger charge is 2.28. The Labute approximate surface area is 163 Å². The molecule has 0 unspecified atom stereocenters. The van der Waals surface area contributed by atoms with Crippen molar-refractivity contribution >= 4 is 22.6 Å². The number of amides is 1. The molecule has 0 spiro atoms. The fourth-order valence-electron chi connectivity index (χ4n) is 3.62. The lowest BCUT2D eigenvalue weighted by molar-refractivity contribution is -0.128. The molecule has 1 N–H and O–H groups in total. The van der Waals surface area contributed by atoms with Crippen molar-refractivity contribution in [1.29, 1.82) is 0 Å². The molecule has 0 bridgehead atoms. The van der Waals surface area contributed by atoms with E-state index in [1.54, 1.807) is 24.3 Å². The number of benzene rings is 2. The zero-order valence-corrected chi connectivity index (χ0v) is 15.9. The highest BCUT2D eigenvalue weighted by atomic mass is 16.5. The number of aromatic amines is 1. The molecule has 2 aromatic carbocycles. The maximum Gasteiger partial charge on any atom is 0.295 e. The second kappa shape index (κ2) is 7.86. The van der Waals surface area contributed by atoms with Crippen LogP contribution in [-0.2, 0) is 11.3 Å². The third-order valence-corrected chi connectivity index (χ3v) is 5.24. The molecule has 1 aromatic heterocycles. The molecule has 1 saturated heterocycles. The van der Waals surface area contributed by atoms with Crippen molar-refractivity contribution < 1.29 is 14.3 Å². The molecule has 0 radical (unpaired) electrons. The number of rotatable bonds is 5. The number of hydrogen-bond donors (Lipinski definition) is 1. The van der Waals surface area contributed by atoms with E-state index >= 15 is 0 Å². The van der Waals surface area contributed by atoms with E-state index in [-0.39, 0.29) is 0 Å². The molecule has 28 heavy (non-hydrogen) atoms. The van der Waals surface area contributed by atoms with E-state index < -0.39 is 11.7 Å². The van der Waals surface area contributed by atoms with Crippen molar-refractivity contribution in [3.05, 3.63) is 65.9 Å². The number of Topliss-reactive ketones (excluding diaryl/α,β-unsaturated/α-hetero) is 1. The summed E-state index contributed by atoms with van der Waals surface area (Å²) in [5.74, 6) is -0.262. The molecule has 0 saturated carbocycles. The van der Waals surface area contributed by atoms with Gasteiger partial charge in [0.15, 0.2) is 0 Å². The van der Waals surface area contributed by atoms with Gasteiger partial charge < -0.3 is 14.6 Å². The smallest absolute Gasteiger partial charge is 0.295 e. The van der Waals surface area contributed by atoms with Crippen LogP contribution in [0, 0.1) is 0 Å². The van der Waals surface area contributed by atoms with Crippen LogP contribution in [0.1, 0.15) is 15.9 Å². The lowest BCUT2D eigenvalue weighted by Crippen LogP contribution is -2.50. The molecule has 6 heteroatoms. The van der Waals surface area contributed by atoms with E-state index in [4.69, 9.17) is 4.74 Å². The number of aromatic nitrogens is 1. The second-order valence-electron chi connectivity index (χ2n) is 7.00. The molecule has 1 aliphatic rings. The molecule has 1 aliphatic heterocycles. The number of piperazine rings is 1. The molecule has 1 fully saturated rings. The summed E-state index contributed by atoms with van der Waals surface area (Å²) in [4.78, 5) is 32.6. The summed E-state index contributed by atoms with van der Waals surface area (Å²) in [5.41, 5.74) is 2.46. The monoisotopic (exact) mass is 377 g/mol. The highest BCUT2D eigenvalue weighted by Crippen LogP contribution is 2.24. The molecule has 3 aromatic rings. The van der Waals surface area contributed by atoms with Crippen LogP contribution in [0.2, 0.25) is 0 Å². The molecule has 144 valence electrons. The van der Waals surface area contributed by atoms with E-state index in [1.165, 1.54) is 5.56 Å². The van der Waals surface area contributed by atoms with E-state index in [2.05, 4.69) is 22.0 Å². The van der Waals surface area contributed by atoms with Crippen LogP contribution < -0.4 is 4.74 Å². The summed E-state index contributed by atoms with van der Waals surface area (Å²) in [6, 6.07) is 15.7. The van der Waals surface area contributed by atoms with Gasteiger partial charge in [-0.05, 0) is 23.8 Å². The lowest BCUT2D eigenvalue weighted by atomic mass is 10.1. The van der Waals surface area contributed by atoms with Crippen molar-refractivity contribution in [2.45, 2.75) is 6.54 Å². The van der Waals surface area contributed by atoms with Crippen LogP contribution in [0.5, 0.6) is 5.75 Å². The number of nitrogens with one attached hydrogen (secondary N) is 1. The predicted molar refractivity (Wildman–Crippen MR) is 107 cm³/mol. The van der Waals surface area contributed by atoms with Gasteiger partial charge in [-0.25, -0.2) is 0 Å². The van der Waals surface area contributed by atoms with Gasteiger partial charge in [0.2, 0.25) is 0 Å². The Hall–Kier alpha value is -3.12. The average molecular weight is 377 g/mol. The zero-order chi connectivity index (χ0) is 19.5. The first-order valence-electron chi connectivity index (χ1n) is 9.40. The number of fused-ring (bicyclic) bond motifs is 1. The quantitative estimate of drug-likeness (QED) is 0.548. The minimum Gasteiger partial charge on any atom is -0.497 e. The van der Waals surface area contributed by atoms with E-state index in [1.807, 2.05) is 30.3 Å². The zero-order valence-electron chi connectivity index (χ0n) is 15.9. The molecular formula is C22H23N3O3. The van der Waals surface area contributed by atoms with E-state index in [9.17, 15) is 9.59 Å². The van der Waals surface area contributed by atoms with Crippen molar-refractivity contribution in [3.8, 4) is 5.75 Å². The number of hydrogen-bond acceptors (Lipinski definition) is 4. The Morgan fingerprint density at radius 3 is 2.50 bits per heavy atom. The number of carbonyl (C=O) groups is 2. The summed E-state index contributed by atoms with van der Waals surface area (Å²) >= 11 is 0. The molecule has 6 nitrogen and oxygen atoms in total. The predicted octanol–water partition coefficient (Wildman–Crippen LogP) is 2.70. The van der Waals surface area contributed by atoms with Crippen molar-refractivity contribution in [2.75, 3.05) is 33.3 Å². The molecular weight excluding hydrogens is 354 g/mol. The van der Waals surface area contributed by atoms with Crippen molar-refractivity contribution in [2.24, 2.45) is 0 Å². The van der Waals surface area contributed by atoms with Crippen LogP contribution in [0.3, 0.4) is 0 Å². The van der Waals surface area contributed by atoms with Gasteiger partial charge in [-0.1, -0.05) is 30.3 Å². The van der Waals surface area contributed by atoms with Gasteiger partial charge in [0, 0.05) is 49.8 Å². The number of carbonyl (C=O) groups excluding carboxylic acids is 2. The molecule has 0 atom stereocenters. The van der Waals surface area contributed by atoms with Crippen molar-refractivity contribution in [3.63, 3.8) is 0 Å². The second-order valence-corrected chi connectivity index (χ2v) is 7.00. The van der Waals surface area contributed by atoms with E-state index in [0.29, 0.717) is 29.8 Å². The van der Waals surface area contributed by atoms with Crippen LogP contribution >= 0.6 is 0 Å². The summed E-state index contributed by atoms with van der Waals surface area (Å²) in [6.07, 6.45) is 1.61. The first-order chi connectivity index (χ1) is 13.7. The molecule has 0 aliphatic carbocycles. The van der Waals surface area contributed by atoms with Gasteiger partial charge in [0.05, 0.1) is 12.7 Å². The summed E-state index contributed by atoms with van der Waals surface area (Å²) in [5, 5.41) is 0.709. The summed E-state index contributed by atoms with van der Waals surface area (Å²) in [7, 11) is 1.58. The fourth-order valence-corrected chi connectivity index (χ4v) is 3.62. The number of ketones is 1. The summed E-state index contributed by atoms with van der Waals surface area (Å²) < 4.78 is 5.24. The van der Waals surface area contributed by atoms with E-state index in [0.717, 1.165) is 25.2 Å². The maximum atomic E-state index is 12.8. The minimum atomic E-state index is -0.476. The van der Waals surface area contributed by atoms with Gasteiger partial charge in [-0.2, -0.15) is 0 Å². The fraction of sp³-hybridized carbons (Fsp3) is 0.273. The van der Waals surface area contributed by atoms with Gasteiger partial charge in [0.25, 0.3) is 11.7 Å². The largest absolute Gasteiger partial charge is 0.497 e. The Kier molecular flexibility index (Phi) is 5.12. The Balaban J connectivity index is 1.42. The molecule has 2 heterocycles. The third-order valence-electron chi connectivity index (χ3n) is 5.24.